The van der Waals surface area contributed by atoms with Crippen molar-refractivity contribution in [2.75, 3.05) is 13.2 Å². The Hall–Kier alpha value is -3.93. The molecule has 0 aliphatic heterocycles. The lowest BCUT2D eigenvalue weighted by Crippen LogP contribution is -2.30. The molecule has 0 aromatic carbocycles. The number of esters is 3. The smallest absolute Gasteiger partial charge is 0.306 e. The maximum absolute atomic E-state index is 12.8. The lowest BCUT2D eigenvalue weighted by atomic mass is 10.0. The average molecular weight is 958 g/mol. The number of carbonyl (C=O) groups excluding carboxylic acids is 3. The van der Waals surface area contributed by atoms with Gasteiger partial charge in [0.05, 0.1) is 0 Å². The molecule has 0 spiro atoms. The zero-order chi connectivity index (χ0) is 50.0. The number of hydrogen-bond donors (Lipinski definition) is 0. The number of carbonyl (C=O) groups is 3. The van der Waals surface area contributed by atoms with E-state index in [1.807, 2.05) is 0 Å². The first-order valence-corrected chi connectivity index (χ1v) is 28.4. The molecule has 0 aromatic rings. The molecular formula is C63H104O6. The molecular weight excluding hydrogens is 853 g/mol. The molecule has 0 aliphatic carbocycles. The Kier molecular flexibility index (Phi) is 53.4. The molecule has 0 N–H and O–H groups in total. The van der Waals surface area contributed by atoms with Crippen LogP contribution >= 0.6 is 0 Å². The van der Waals surface area contributed by atoms with Crippen molar-refractivity contribution in [2.45, 2.75) is 258 Å². The summed E-state index contributed by atoms with van der Waals surface area (Å²) in [6.07, 6.45) is 76.5. The van der Waals surface area contributed by atoms with Crippen LogP contribution in [0.1, 0.15) is 252 Å². The van der Waals surface area contributed by atoms with Gasteiger partial charge in [-0.15, -0.1) is 0 Å². The van der Waals surface area contributed by atoms with E-state index in [1.165, 1.54) is 89.9 Å². The van der Waals surface area contributed by atoms with Crippen LogP contribution in [0.15, 0.2) is 109 Å². The van der Waals surface area contributed by atoms with E-state index in [4.69, 9.17) is 14.2 Å². The van der Waals surface area contributed by atoms with Gasteiger partial charge in [0.2, 0.25) is 0 Å². The number of hydrogen-bond acceptors (Lipinski definition) is 6. The van der Waals surface area contributed by atoms with Gasteiger partial charge in [-0.3, -0.25) is 14.4 Å². The van der Waals surface area contributed by atoms with Crippen LogP contribution < -0.4 is 0 Å². The first-order valence-electron chi connectivity index (χ1n) is 28.4. The summed E-state index contributed by atoms with van der Waals surface area (Å²) in [4.78, 5) is 38.1. The Morgan fingerprint density at radius 3 is 0.942 bits per heavy atom. The van der Waals surface area contributed by atoms with Gasteiger partial charge in [0, 0.05) is 19.3 Å². The SMILES string of the molecule is CC/C=C\C/C=C\C/C=C\C/C=C\C/C=C\CCCC(=O)OCC(COC(=O)CCCCCCCCCCCCCCCCCCC)OC(=O)CCCCCC/C=C\C/C=C\C/C=C\C/C=C\CC. The van der Waals surface area contributed by atoms with Crippen LogP contribution in [0.5, 0.6) is 0 Å². The minimum absolute atomic E-state index is 0.105. The van der Waals surface area contributed by atoms with Gasteiger partial charge in [0.15, 0.2) is 6.10 Å². The van der Waals surface area contributed by atoms with Gasteiger partial charge >= 0.3 is 17.9 Å². The van der Waals surface area contributed by atoms with E-state index in [9.17, 15) is 14.4 Å². The van der Waals surface area contributed by atoms with Crippen LogP contribution in [0.4, 0.5) is 0 Å². The highest BCUT2D eigenvalue weighted by atomic mass is 16.6. The molecule has 0 rings (SSSR count). The average Bonchev–Trinajstić information content (AvgIpc) is 3.35. The van der Waals surface area contributed by atoms with Gasteiger partial charge in [0.1, 0.15) is 13.2 Å². The Bertz CT molecular complexity index is 1420. The third-order valence-electron chi connectivity index (χ3n) is 11.8. The standard InChI is InChI=1S/C63H104O6/c1-4-7-10-13-16-19-22-25-28-31-34-37-40-43-46-49-52-55-61(64)67-58-60(69-63(66)57-54-51-48-45-42-39-36-33-30-27-24-21-18-15-12-9-6-3)59-68-62(65)56-53-50-47-44-41-38-35-32-29-26-23-20-17-14-11-8-5-2/h7,9-10,12,16,18-19,21,25,27-28,30,34,36-37,39,43,46,60H,4-6,8,11,13-15,17,20,22-24,26,29,31-33,35,38,40-42,44-45,47-59H2,1-3H3/b10-7-,12-9-,19-16-,21-18-,28-25-,30-27-,37-34-,39-36-,46-43-. The predicted octanol–water partition coefficient (Wildman–Crippen LogP) is 19.1. The van der Waals surface area contributed by atoms with Gasteiger partial charge in [-0.05, 0) is 96.3 Å². The maximum Gasteiger partial charge on any atom is 0.306 e. The molecule has 0 heterocycles. The van der Waals surface area contributed by atoms with Crippen molar-refractivity contribution in [3.8, 4) is 0 Å². The van der Waals surface area contributed by atoms with Crippen LogP contribution in [0.25, 0.3) is 0 Å². The molecule has 69 heavy (non-hydrogen) atoms. The summed E-state index contributed by atoms with van der Waals surface area (Å²) in [6.45, 7) is 6.35. The summed E-state index contributed by atoms with van der Waals surface area (Å²) in [5, 5.41) is 0. The highest BCUT2D eigenvalue weighted by Crippen LogP contribution is 2.15. The van der Waals surface area contributed by atoms with E-state index in [0.717, 1.165) is 116 Å². The van der Waals surface area contributed by atoms with Crippen molar-refractivity contribution < 1.29 is 28.6 Å². The van der Waals surface area contributed by atoms with E-state index < -0.39 is 6.10 Å². The molecule has 0 aliphatic rings. The van der Waals surface area contributed by atoms with E-state index in [0.29, 0.717) is 12.8 Å². The van der Waals surface area contributed by atoms with Crippen molar-refractivity contribution in [3.63, 3.8) is 0 Å². The van der Waals surface area contributed by atoms with Crippen molar-refractivity contribution in [1.29, 1.82) is 0 Å². The van der Waals surface area contributed by atoms with Gasteiger partial charge in [-0.25, -0.2) is 0 Å². The summed E-state index contributed by atoms with van der Waals surface area (Å²) in [7, 11) is 0. The Balaban J connectivity index is 4.51. The second-order valence-electron chi connectivity index (χ2n) is 18.4. The van der Waals surface area contributed by atoms with Crippen LogP contribution in [-0.2, 0) is 28.6 Å². The Morgan fingerprint density at radius 2 is 0.580 bits per heavy atom. The van der Waals surface area contributed by atoms with Crippen molar-refractivity contribution in [1.82, 2.24) is 0 Å². The summed E-state index contributed by atoms with van der Waals surface area (Å²) < 4.78 is 16.8. The molecule has 0 amide bonds. The maximum atomic E-state index is 12.8. The minimum Gasteiger partial charge on any atom is -0.462 e. The molecule has 0 aromatic heterocycles. The van der Waals surface area contributed by atoms with E-state index >= 15 is 0 Å². The normalized spacial score (nSPS) is 12.9. The number of rotatable bonds is 50. The first kappa shape index (κ1) is 65.1. The van der Waals surface area contributed by atoms with Crippen molar-refractivity contribution in [3.05, 3.63) is 109 Å². The third-order valence-corrected chi connectivity index (χ3v) is 11.8. The molecule has 6 nitrogen and oxygen atoms in total. The second kappa shape index (κ2) is 56.7. The van der Waals surface area contributed by atoms with Crippen LogP contribution in [0.3, 0.4) is 0 Å². The quantitative estimate of drug-likeness (QED) is 0.0262. The minimum atomic E-state index is -0.815. The van der Waals surface area contributed by atoms with Gasteiger partial charge in [-0.1, -0.05) is 246 Å². The zero-order valence-corrected chi connectivity index (χ0v) is 44.8. The lowest BCUT2D eigenvalue weighted by Gasteiger charge is -2.18. The molecule has 1 atom stereocenters. The van der Waals surface area contributed by atoms with Crippen LogP contribution in [-0.4, -0.2) is 37.2 Å². The summed E-state index contributed by atoms with van der Waals surface area (Å²) in [5.41, 5.74) is 0. The molecule has 0 radical (unpaired) electrons. The zero-order valence-electron chi connectivity index (χ0n) is 44.8. The summed E-state index contributed by atoms with van der Waals surface area (Å²) >= 11 is 0. The molecule has 392 valence electrons. The fourth-order valence-corrected chi connectivity index (χ4v) is 7.59. The number of allylic oxidation sites excluding steroid dienone is 18. The first-order chi connectivity index (χ1) is 34.0. The van der Waals surface area contributed by atoms with Gasteiger partial charge in [0.25, 0.3) is 0 Å². The number of ether oxygens (including phenoxy) is 3. The van der Waals surface area contributed by atoms with Gasteiger partial charge < -0.3 is 14.2 Å². The molecule has 0 bridgehead atoms. The second-order valence-corrected chi connectivity index (χ2v) is 18.4. The fraction of sp³-hybridized carbons (Fsp3) is 0.667. The Labute approximate surface area is 425 Å². The van der Waals surface area contributed by atoms with Gasteiger partial charge in [-0.2, -0.15) is 0 Å². The third kappa shape index (κ3) is 54.9. The topological polar surface area (TPSA) is 78.9 Å². The van der Waals surface area contributed by atoms with Crippen molar-refractivity contribution >= 4 is 17.9 Å². The molecule has 0 saturated heterocycles. The molecule has 0 saturated carbocycles. The molecule has 1 unspecified atom stereocenters. The monoisotopic (exact) mass is 957 g/mol. The van der Waals surface area contributed by atoms with E-state index in [1.54, 1.807) is 0 Å². The summed E-state index contributed by atoms with van der Waals surface area (Å²) in [6, 6.07) is 0. The van der Waals surface area contributed by atoms with Crippen LogP contribution in [0.2, 0.25) is 0 Å². The fourth-order valence-electron chi connectivity index (χ4n) is 7.59. The van der Waals surface area contributed by atoms with Crippen molar-refractivity contribution in [2.24, 2.45) is 0 Å². The number of unbranched alkanes of at least 4 members (excludes halogenated alkanes) is 21. The lowest BCUT2D eigenvalue weighted by molar-refractivity contribution is -0.167. The highest BCUT2D eigenvalue weighted by molar-refractivity contribution is 5.71. The molecule has 0 fully saturated rings. The largest absolute Gasteiger partial charge is 0.462 e. The van der Waals surface area contributed by atoms with Crippen LogP contribution in [0, 0.1) is 0 Å². The summed E-state index contributed by atoms with van der Waals surface area (Å²) in [5.74, 6) is -0.988. The highest BCUT2D eigenvalue weighted by Gasteiger charge is 2.19. The van der Waals surface area contributed by atoms with E-state index in [2.05, 4.69) is 130 Å². The molecule has 6 heteroatoms. The Morgan fingerprint density at radius 1 is 0.304 bits per heavy atom. The predicted molar refractivity (Wildman–Crippen MR) is 297 cm³/mol. The van der Waals surface area contributed by atoms with E-state index in [-0.39, 0.29) is 44.0 Å².